The van der Waals surface area contributed by atoms with Gasteiger partial charge in [-0.25, -0.2) is 0 Å². The summed E-state index contributed by atoms with van der Waals surface area (Å²) in [6, 6.07) is 12.8. The monoisotopic (exact) mass is 386 g/mol. The lowest BCUT2D eigenvalue weighted by atomic mass is 9.91. The van der Waals surface area contributed by atoms with Gasteiger partial charge in [0.25, 0.3) is 0 Å². The largest absolute Gasteiger partial charge is 0.361 e. The summed E-state index contributed by atoms with van der Waals surface area (Å²) < 4.78 is 5.35. The Balaban J connectivity index is 1.28. The Morgan fingerprint density at radius 2 is 1.97 bits per heavy atom. The van der Waals surface area contributed by atoms with Gasteiger partial charge in [-0.3, -0.25) is 9.88 Å². The van der Waals surface area contributed by atoms with Crippen molar-refractivity contribution in [2.24, 2.45) is 0 Å². The van der Waals surface area contributed by atoms with Gasteiger partial charge in [0.15, 0.2) is 0 Å². The minimum Gasteiger partial charge on any atom is -0.361 e. The van der Waals surface area contributed by atoms with Gasteiger partial charge in [0.1, 0.15) is 5.76 Å². The van der Waals surface area contributed by atoms with Crippen molar-refractivity contribution in [2.75, 3.05) is 13.1 Å². The van der Waals surface area contributed by atoms with Crippen LogP contribution < -0.4 is 0 Å². The molecule has 5 rings (SSSR count). The van der Waals surface area contributed by atoms with Gasteiger partial charge >= 0.3 is 0 Å². The highest BCUT2D eigenvalue weighted by Crippen LogP contribution is 2.32. The Kier molecular flexibility index (Phi) is 4.68. The maximum absolute atomic E-state index is 5.35. The summed E-state index contributed by atoms with van der Waals surface area (Å²) in [5.41, 5.74) is 7.00. The first-order valence-electron chi connectivity index (χ1n) is 10.4. The standard InChI is InChI=1S/C24H26N4O/c1-16-24(17(2)29-27-16)19-7-10-25-23(13-19)18-8-11-28(12-9-18)15-20-14-26-22-6-4-3-5-21(20)22/h3-7,10,13-14,18,26H,8-9,11-12,15H2,1-2H3. The van der Waals surface area contributed by atoms with Crippen molar-refractivity contribution < 1.29 is 4.52 Å². The number of fused-ring (bicyclic) bond motifs is 1. The van der Waals surface area contributed by atoms with E-state index in [9.17, 15) is 0 Å². The van der Waals surface area contributed by atoms with Crippen molar-refractivity contribution in [3.8, 4) is 11.1 Å². The summed E-state index contributed by atoms with van der Waals surface area (Å²) in [6.07, 6.45) is 6.36. The maximum Gasteiger partial charge on any atom is 0.141 e. The van der Waals surface area contributed by atoms with E-state index in [-0.39, 0.29) is 0 Å². The minimum atomic E-state index is 0.509. The average molecular weight is 386 g/mol. The zero-order chi connectivity index (χ0) is 19.8. The molecule has 3 aromatic heterocycles. The molecule has 5 nitrogen and oxygen atoms in total. The van der Waals surface area contributed by atoms with Gasteiger partial charge in [-0.2, -0.15) is 0 Å². The van der Waals surface area contributed by atoms with Gasteiger partial charge in [-0.15, -0.1) is 0 Å². The number of aromatic nitrogens is 3. The topological polar surface area (TPSA) is 58.0 Å². The number of para-hydroxylation sites is 1. The minimum absolute atomic E-state index is 0.509. The fourth-order valence-corrected chi connectivity index (χ4v) is 4.61. The van der Waals surface area contributed by atoms with Gasteiger partial charge in [0.2, 0.25) is 0 Å². The molecule has 0 radical (unpaired) electrons. The zero-order valence-corrected chi connectivity index (χ0v) is 17.0. The summed E-state index contributed by atoms with van der Waals surface area (Å²) in [5, 5.41) is 5.43. The van der Waals surface area contributed by atoms with Gasteiger partial charge < -0.3 is 9.51 Å². The number of hydrogen-bond donors (Lipinski definition) is 1. The van der Waals surface area contributed by atoms with E-state index in [2.05, 4.69) is 57.6 Å². The molecule has 0 aliphatic carbocycles. The molecule has 0 atom stereocenters. The number of aromatic amines is 1. The number of nitrogens with one attached hydrogen (secondary N) is 1. The Bertz CT molecular complexity index is 1120. The Hall–Kier alpha value is -2.92. The fraction of sp³-hybridized carbons (Fsp3) is 0.333. The van der Waals surface area contributed by atoms with Crippen molar-refractivity contribution >= 4 is 10.9 Å². The molecule has 1 aliphatic rings. The van der Waals surface area contributed by atoms with Crippen LogP contribution in [0.5, 0.6) is 0 Å². The molecule has 4 aromatic rings. The lowest BCUT2D eigenvalue weighted by Crippen LogP contribution is -2.32. The third kappa shape index (κ3) is 3.47. The highest BCUT2D eigenvalue weighted by Gasteiger charge is 2.23. The molecule has 0 saturated carbocycles. The lowest BCUT2D eigenvalue weighted by molar-refractivity contribution is 0.204. The Morgan fingerprint density at radius 1 is 1.14 bits per heavy atom. The Labute approximate surface area is 170 Å². The molecule has 1 saturated heterocycles. The zero-order valence-electron chi connectivity index (χ0n) is 17.0. The van der Waals surface area contributed by atoms with Crippen LogP contribution in [-0.2, 0) is 6.54 Å². The van der Waals surface area contributed by atoms with E-state index in [1.165, 1.54) is 22.2 Å². The van der Waals surface area contributed by atoms with Gasteiger partial charge in [0.05, 0.1) is 5.69 Å². The second-order valence-electron chi connectivity index (χ2n) is 8.08. The Morgan fingerprint density at radius 3 is 2.76 bits per heavy atom. The van der Waals surface area contributed by atoms with Crippen LogP contribution in [-0.4, -0.2) is 33.1 Å². The fourth-order valence-electron chi connectivity index (χ4n) is 4.61. The van der Waals surface area contributed by atoms with E-state index in [4.69, 9.17) is 9.51 Å². The second-order valence-corrected chi connectivity index (χ2v) is 8.08. The van der Waals surface area contributed by atoms with Crippen LogP contribution >= 0.6 is 0 Å². The first kappa shape index (κ1) is 18.1. The summed E-state index contributed by atoms with van der Waals surface area (Å²) in [7, 11) is 0. The molecule has 0 amide bonds. The predicted molar refractivity (Wildman–Crippen MR) is 115 cm³/mol. The summed E-state index contributed by atoms with van der Waals surface area (Å²) in [5.74, 6) is 1.38. The van der Waals surface area contributed by atoms with Crippen molar-refractivity contribution in [1.29, 1.82) is 0 Å². The van der Waals surface area contributed by atoms with Crippen molar-refractivity contribution in [1.82, 2.24) is 20.0 Å². The molecule has 1 aliphatic heterocycles. The maximum atomic E-state index is 5.35. The number of piperidine rings is 1. The number of likely N-dealkylation sites (tertiary alicyclic amines) is 1. The molecule has 148 valence electrons. The number of hydrogen-bond acceptors (Lipinski definition) is 4. The highest BCUT2D eigenvalue weighted by atomic mass is 16.5. The highest BCUT2D eigenvalue weighted by molar-refractivity contribution is 5.82. The number of aryl methyl sites for hydroxylation is 2. The van der Waals surface area contributed by atoms with E-state index < -0.39 is 0 Å². The SMILES string of the molecule is Cc1noc(C)c1-c1ccnc(C2CCN(Cc3c[nH]c4ccccc34)CC2)c1. The third-order valence-electron chi connectivity index (χ3n) is 6.18. The van der Waals surface area contributed by atoms with Gasteiger partial charge in [0, 0.05) is 47.0 Å². The molecule has 1 fully saturated rings. The summed E-state index contributed by atoms with van der Waals surface area (Å²) >= 11 is 0. The normalized spacial score (nSPS) is 15.9. The average Bonchev–Trinajstić information content (AvgIpc) is 3.31. The number of benzene rings is 1. The molecule has 29 heavy (non-hydrogen) atoms. The van der Waals surface area contributed by atoms with Crippen LogP contribution in [0.15, 0.2) is 53.3 Å². The third-order valence-corrected chi connectivity index (χ3v) is 6.18. The van der Waals surface area contributed by atoms with Crippen LogP contribution in [0.3, 0.4) is 0 Å². The van der Waals surface area contributed by atoms with E-state index in [1.807, 2.05) is 20.0 Å². The summed E-state index contributed by atoms with van der Waals surface area (Å²) in [6.45, 7) is 7.17. The van der Waals surface area contributed by atoms with Crippen LogP contribution in [0.25, 0.3) is 22.0 Å². The molecule has 4 heterocycles. The van der Waals surface area contributed by atoms with Crippen molar-refractivity contribution in [3.05, 3.63) is 71.5 Å². The van der Waals surface area contributed by atoms with Crippen LogP contribution in [0.1, 0.15) is 41.5 Å². The van der Waals surface area contributed by atoms with Crippen molar-refractivity contribution in [2.45, 2.75) is 39.2 Å². The van der Waals surface area contributed by atoms with E-state index in [0.29, 0.717) is 5.92 Å². The lowest BCUT2D eigenvalue weighted by Gasteiger charge is -2.31. The second kappa shape index (κ2) is 7.48. The van der Waals surface area contributed by atoms with Gasteiger partial charge in [-0.1, -0.05) is 23.4 Å². The molecule has 0 bridgehead atoms. The number of pyridine rings is 1. The molecular formula is C24H26N4O. The van der Waals surface area contributed by atoms with E-state index in [0.717, 1.165) is 55.1 Å². The van der Waals surface area contributed by atoms with Crippen LogP contribution in [0.4, 0.5) is 0 Å². The first-order valence-corrected chi connectivity index (χ1v) is 10.4. The van der Waals surface area contributed by atoms with Crippen LogP contribution in [0.2, 0.25) is 0 Å². The number of rotatable bonds is 4. The van der Waals surface area contributed by atoms with E-state index in [1.54, 1.807) is 0 Å². The predicted octanol–water partition coefficient (Wildman–Crippen LogP) is 5.21. The van der Waals surface area contributed by atoms with E-state index >= 15 is 0 Å². The first-order chi connectivity index (χ1) is 14.2. The van der Waals surface area contributed by atoms with Crippen molar-refractivity contribution in [3.63, 3.8) is 0 Å². The number of nitrogens with zero attached hydrogens (tertiary/aromatic N) is 3. The van der Waals surface area contributed by atoms with Gasteiger partial charge in [-0.05, 0) is 69.1 Å². The number of H-pyrrole nitrogens is 1. The molecular weight excluding hydrogens is 360 g/mol. The van der Waals surface area contributed by atoms with Crippen LogP contribution in [0, 0.1) is 13.8 Å². The molecule has 1 N–H and O–H groups in total. The summed E-state index contributed by atoms with van der Waals surface area (Å²) in [4.78, 5) is 10.7. The molecule has 0 unspecified atom stereocenters. The molecule has 1 aromatic carbocycles. The molecule has 5 heteroatoms. The quantitative estimate of drug-likeness (QED) is 0.523. The smallest absolute Gasteiger partial charge is 0.141 e. The molecule has 0 spiro atoms.